The van der Waals surface area contributed by atoms with E-state index in [1.54, 1.807) is 12.3 Å². The topological polar surface area (TPSA) is 62.3 Å². The van der Waals surface area contributed by atoms with Gasteiger partial charge in [0.25, 0.3) is 0 Å². The molecule has 22 heavy (non-hydrogen) atoms. The Bertz CT molecular complexity index is 550. The van der Waals surface area contributed by atoms with Gasteiger partial charge in [-0.1, -0.05) is 0 Å². The Morgan fingerprint density at radius 1 is 1.23 bits per heavy atom. The summed E-state index contributed by atoms with van der Waals surface area (Å²) < 4.78 is 0. The average Bonchev–Trinajstić information content (AvgIpc) is 3.19. The minimum Gasteiger partial charge on any atom is -0.367 e. The smallest absolute Gasteiger partial charge is 0.225 e. The third-order valence-electron chi connectivity index (χ3n) is 4.72. The van der Waals surface area contributed by atoms with Gasteiger partial charge in [-0.2, -0.15) is 0 Å². The first-order valence-electron chi connectivity index (χ1n) is 8.16. The summed E-state index contributed by atoms with van der Waals surface area (Å²) >= 11 is 0. The quantitative estimate of drug-likeness (QED) is 0.868. The molecule has 1 saturated heterocycles. The number of aromatic nitrogens is 1. The maximum atomic E-state index is 12.4. The Kier molecular flexibility index (Phi) is 4.41. The largest absolute Gasteiger partial charge is 0.367 e. The van der Waals surface area contributed by atoms with Crippen LogP contribution < -0.4 is 5.32 Å². The molecule has 0 spiro atoms. The Labute approximate surface area is 131 Å². The van der Waals surface area contributed by atoms with Crippen LogP contribution >= 0.6 is 0 Å². The van der Waals surface area contributed by atoms with E-state index in [-0.39, 0.29) is 11.7 Å². The van der Waals surface area contributed by atoms with Crippen LogP contribution in [0.3, 0.4) is 0 Å². The van der Waals surface area contributed by atoms with E-state index >= 15 is 0 Å². The number of likely N-dealkylation sites (tertiary alicyclic amines) is 1. The van der Waals surface area contributed by atoms with Gasteiger partial charge in [-0.3, -0.25) is 9.59 Å². The number of nitrogens with zero attached hydrogens (tertiary/aromatic N) is 2. The van der Waals surface area contributed by atoms with Crippen molar-refractivity contribution < 1.29 is 9.59 Å². The molecule has 0 unspecified atom stereocenters. The Morgan fingerprint density at radius 3 is 2.64 bits per heavy atom. The first-order valence-corrected chi connectivity index (χ1v) is 8.16. The predicted octanol–water partition coefficient (Wildman–Crippen LogP) is 2.49. The molecule has 2 atom stereocenters. The van der Waals surface area contributed by atoms with Gasteiger partial charge in [-0.05, 0) is 51.2 Å². The van der Waals surface area contributed by atoms with E-state index in [1.165, 1.54) is 6.92 Å². The summed E-state index contributed by atoms with van der Waals surface area (Å²) in [6, 6.07) is 3.93. The lowest BCUT2D eigenvalue weighted by atomic mass is 10.1. The van der Waals surface area contributed by atoms with Crippen LogP contribution in [-0.4, -0.2) is 40.7 Å². The highest BCUT2D eigenvalue weighted by molar-refractivity contribution is 5.93. The van der Waals surface area contributed by atoms with Crippen molar-refractivity contribution in [2.75, 3.05) is 18.4 Å². The average molecular weight is 301 g/mol. The molecule has 0 bridgehead atoms. The summed E-state index contributed by atoms with van der Waals surface area (Å²) in [6.45, 7) is 3.40. The molecule has 5 nitrogen and oxygen atoms in total. The second kappa shape index (κ2) is 6.46. The molecule has 1 amide bonds. The van der Waals surface area contributed by atoms with E-state index in [9.17, 15) is 9.59 Å². The summed E-state index contributed by atoms with van der Waals surface area (Å²) in [7, 11) is 0. The lowest BCUT2D eigenvalue weighted by Crippen LogP contribution is -2.33. The van der Waals surface area contributed by atoms with Gasteiger partial charge in [0.2, 0.25) is 5.91 Å². The number of ketones is 1. The fourth-order valence-electron chi connectivity index (χ4n) is 3.43. The SMILES string of the molecule is CC(=O)c1ccc(N[C@H]2CC[C@@H](C(=O)N3CCCC3)C2)nc1. The van der Waals surface area contributed by atoms with Gasteiger partial charge in [0.05, 0.1) is 0 Å². The molecule has 1 aromatic rings. The fraction of sp³-hybridized carbons (Fsp3) is 0.588. The van der Waals surface area contributed by atoms with E-state index in [2.05, 4.69) is 10.3 Å². The zero-order chi connectivity index (χ0) is 15.5. The molecule has 0 radical (unpaired) electrons. The van der Waals surface area contributed by atoms with E-state index in [1.807, 2.05) is 11.0 Å². The molecule has 118 valence electrons. The van der Waals surface area contributed by atoms with Crippen molar-refractivity contribution in [1.29, 1.82) is 0 Å². The van der Waals surface area contributed by atoms with E-state index in [0.717, 1.165) is 51.0 Å². The van der Waals surface area contributed by atoms with E-state index in [4.69, 9.17) is 0 Å². The number of anilines is 1. The summed E-state index contributed by atoms with van der Waals surface area (Å²) in [5, 5.41) is 3.39. The van der Waals surface area contributed by atoms with Crippen molar-refractivity contribution >= 4 is 17.5 Å². The Morgan fingerprint density at radius 2 is 2.00 bits per heavy atom. The lowest BCUT2D eigenvalue weighted by Gasteiger charge is -2.20. The van der Waals surface area contributed by atoms with Gasteiger partial charge in [-0.25, -0.2) is 4.98 Å². The molecule has 1 saturated carbocycles. The maximum absolute atomic E-state index is 12.4. The Balaban J connectivity index is 1.54. The Hall–Kier alpha value is -1.91. The van der Waals surface area contributed by atoms with Crippen LogP contribution in [0.15, 0.2) is 18.3 Å². The standard InChI is InChI=1S/C17H23N3O2/c1-12(21)14-5-7-16(18-11-14)19-15-6-4-13(10-15)17(22)20-8-2-3-9-20/h5,7,11,13,15H,2-4,6,8-10H2,1H3,(H,18,19)/t13-,15+/m1/s1. The van der Waals surface area contributed by atoms with Crippen LogP contribution in [0.4, 0.5) is 5.82 Å². The second-order valence-electron chi connectivity index (χ2n) is 6.37. The van der Waals surface area contributed by atoms with Crippen LogP contribution in [0, 0.1) is 5.92 Å². The lowest BCUT2D eigenvalue weighted by molar-refractivity contribution is -0.134. The number of rotatable bonds is 4. The first-order chi connectivity index (χ1) is 10.6. The van der Waals surface area contributed by atoms with Crippen molar-refractivity contribution in [3.63, 3.8) is 0 Å². The molecule has 2 heterocycles. The van der Waals surface area contributed by atoms with Crippen LogP contribution in [0.5, 0.6) is 0 Å². The van der Waals surface area contributed by atoms with Gasteiger partial charge >= 0.3 is 0 Å². The fourth-order valence-corrected chi connectivity index (χ4v) is 3.43. The summed E-state index contributed by atoms with van der Waals surface area (Å²) in [4.78, 5) is 30.0. The molecular formula is C17H23N3O2. The van der Waals surface area contributed by atoms with Gasteiger partial charge in [0.15, 0.2) is 5.78 Å². The molecule has 2 fully saturated rings. The zero-order valence-electron chi connectivity index (χ0n) is 13.0. The third kappa shape index (κ3) is 3.29. The third-order valence-corrected chi connectivity index (χ3v) is 4.72. The van der Waals surface area contributed by atoms with Crippen molar-refractivity contribution in [2.45, 2.75) is 45.1 Å². The van der Waals surface area contributed by atoms with Crippen molar-refractivity contribution in [2.24, 2.45) is 5.92 Å². The van der Waals surface area contributed by atoms with Gasteiger partial charge in [0.1, 0.15) is 5.82 Å². The summed E-state index contributed by atoms with van der Waals surface area (Å²) in [5.74, 6) is 1.30. The highest BCUT2D eigenvalue weighted by Gasteiger charge is 2.33. The molecule has 3 rings (SSSR count). The first kappa shape index (κ1) is 15.0. The monoisotopic (exact) mass is 301 g/mol. The molecule has 1 N–H and O–H groups in total. The van der Waals surface area contributed by atoms with Crippen molar-refractivity contribution in [3.8, 4) is 0 Å². The highest BCUT2D eigenvalue weighted by Crippen LogP contribution is 2.30. The van der Waals surface area contributed by atoms with Crippen LogP contribution in [0.25, 0.3) is 0 Å². The number of pyridine rings is 1. The summed E-state index contributed by atoms with van der Waals surface area (Å²) in [6.07, 6.45) is 6.73. The molecular weight excluding hydrogens is 278 g/mol. The minimum absolute atomic E-state index is 0.0243. The number of hydrogen-bond donors (Lipinski definition) is 1. The molecule has 1 aromatic heterocycles. The van der Waals surface area contributed by atoms with Gasteiger partial charge in [0, 0.05) is 36.8 Å². The number of Topliss-reactive ketones (excluding diaryl/α,β-unsaturated/α-hetero) is 1. The van der Waals surface area contributed by atoms with Gasteiger partial charge < -0.3 is 10.2 Å². The molecule has 5 heteroatoms. The molecule has 1 aliphatic carbocycles. The normalized spacial score (nSPS) is 24.5. The predicted molar refractivity (Wildman–Crippen MR) is 84.8 cm³/mol. The highest BCUT2D eigenvalue weighted by atomic mass is 16.2. The number of hydrogen-bond acceptors (Lipinski definition) is 4. The second-order valence-corrected chi connectivity index (χ2v) is 6.37. The number of nitrogens with one attached hydrogen (secondary N) is 1. The van der Waals surface area contributed by atoms with Crippen molar-refractivity contribution in [1.82, 2.24) is 9.88 Å². The number of carbonyl (C=O) groups excluding carboxylic acids is 2. The van der Waals surface area contributed by atoms with E-state index in [0.29, 0.717) is 17.5 Å². The maximum Gasteiger partial charge on any atom is 0.225 e. The molecule has 0 aromatic carbocycles. The summed E-state index contributed by atoms with van der Waals surface area (Å²) in [5.41, 5.74) is 0.624. The molecule has 1 aliphatic heterocycles. The minimum atomic E-state index is 0.0243. The van der Waals surface area contributed by atoms with Crippen molar-refractivity contribution in [3.05, 3.63) is 23.9 Å². The van der Waals surface area contributed by atoms with Gasteiger partial charge in [-0.15, -0.1) is 0 Å². The zero-order valence-corrected chi connectivity index (χ0v) is 13.0. The van der Waals surface area contributed by atoms with Crippen LogP contribution in [0.2, 0.25) is 0 Å². The number of amides is 1. The van der Waals surface area contributed by atoms with Crippen LogP contribution in [-0.2, 0) is 4.79 Å². The van der Waals surface area contributed by atoms with Crippen LogP contribution in [0.1, 0.15) is 49.4 Å². The molecule has 2 aliphatic rings. The van der Waals surface area contributed by atoms with E-state index < -0.39 is 0 Å². The number of carbonyl (C=O) groups is 2.